The number of carbonyl (C=O) groups excluding carboxylic acids is 1. The van der Waals surface area contributed by atoms with Crippen molar-refractivity contribution in [3.8, 4) is 0 Å². The average molecular weight is 236 g/mol. The molecule has 0 aliphatic carbocycles. The van der Waals surface area contributed by atoms with E-state index in [2.05, 4.69) is 10.3 Å². The van der Waals surface area contributed by atoms with Crippen molar-refractivity contribution in [1.82, 2.24) is 10.3 Å². The molecular formula is C12H16N2O3. The molecular weight excluding hydrogens is 220 g/mol. The largest absolute Gasteiger partial charge is 0.395 e. The Labute approximate surface area is 99.8 Å². The van der Waals surface area contributed by atoms with Crippen molar-refractivity contribution in [3.05, 3.63) is 30.1 Å². The molecule has 5 nitrogen and oxygen atoms in total. The van der Waals surface area contributed by atoms with E-state index in [4.69, 9.17) is 4.74 Å². The molecule has 0 spiro atoms. The molecule has 0 aromatic carbocycles. The zero-order valence-electron chi connectivity index (χ0n) is 9.56. The molecule has 1 fully saturated rings. The van der Waals surface area contributed by atoms with Gasteiger partial charge in [0.25, 0.3) is 0 Å². The highest BCUT2D eigenvalue weighted by molar-refractivity contribution is 5.83. The van der Waals surface area contributed by atoms with E-state index < -0.39 is 5.41 Å². The van der Waals surface area contributed by atoms with Crippen LogP contribution >= 0.6 is 0 Å². The molecule has 1 saturated heterocycles. The molecule has 0 unspecified atom stereocenters. The van der Waals surface area contributed by atoms with E-state index in [0.29, 0.717) is 19.8 Å². The topological polar surface area (TPSA) is 71.5 Å². The number of aliphatic hydroxyl groups is 1. The van der Waals surface area contributed by atoms with E-state index in [-0.39, 0.29) is 12.5 Å². The first kappa shape index (κ1) is 12.0. The fourth-order valence-electron chi connectivity index (χ4n) is 1.70. The van der Waals surface area contributed by atoms with Gasteiger partial charge in [-0.05, 0) is 24.1 Å². The van der Waals surface area contributed by atoms with Crippen LogP contribution in [0.25, 0.3) is 0 Å². The fraction of sp³-hybridized carbons (Fsp3) is 0.500. The third kappa shape index (κ3) is 2.62. The fourth-order valence-corrected chi connectivity index (χ4v) is 1.70. The Balaban J connectivity index is 1.77. The Hall–Kier alpha value is -1.46. The number of carbonyl (C=O) groups is 1. The average Bonchev–Trinajstić information content (AvgIpc) is 2.30. The number of aromatic nitrogens is 1. The minimum absolute atomic E-state index is 0.125. The third-order valence-corrected chi connectivity index (χ3v) is 2.99. The second-order valence-electron chi connectivity index (χ2n) is 4.29. The number of hydrogen-bond donors (Lipinski definition) is 2. The Morgan fingerprint density at radius 1 is 1.47 bits per heavy atom. The maximum Gasteiger partial charge on any atom is 0.233 e. The van der Waals surface area contributed by atoms with E-state index in [1.165, 1.54) is 0 Å². The molecule has 0 radical (unpaired) electrons. The van der Waals surface area contributed by atoms with E-state index in [9.17, 15) is 9.90 Å². The van der Waals surface area contributed by atoms with Crippen molar-refractivity contribution in [2.75, 3.05) is 26.4 Å². The van der Waals surface area contributed by atoms with Gasteiger partial charge in [0.05, 0.1) is 19.8 Å². The lowest BCUT2D eigenvalue weighted by atomic mass is 9.86. The molecule has 17 heavy (non-hydrogen) atoms. The molecule has 1 aromatic heterocycles. The van der Waals surface area contributed by atoms with Gasteiger partial charge in [-0.1, -0.05) is 0 Å². The zero-order valence-corrected chi connectivity index (χ0v) is 9.56. The molecule has 0 saturated carbocycles. The molecule has 1 aliphatic heterocycles. The summed E-state index contributed by atoms with van der Waals surface area (Å²) in [6.07, 6.45) is 4.22. The van der Waals surface area contributed by atoms with Crippen LogP contribution in [-0.4, -0.2) is 42.4 Å². The summed E-state index contributed by atoms with van der Waals surface area (Å²) in [5, 5.41) is 12.0. The Kier molecular flexibility index (Phi) is 3.71. The minimum Gasteiger partial charge on any atom is -0.395 e. The summed E-state index contributed by atoms with van der Waals surface area (Å²) in [7, 11) is 0. The Morgan fingerprint density at radius 3 is 2.71 bits per heavy atom. The highest BCUT2D eigenvalue weighted by Crippen LogP contribution is 2.26. The summed E-state index contributed by atoms with van der Waals surface area (Å²) < 4.78 is 4.99. The molecule has 1 amide bonds. The first-order valence-corrected chi connectivity index (χ1v) is 5.63. The van der Waals surface area contributed by atoms with Gasteiger partial charge in [0.2, 0.25) is 5.91 Å². The highest BCUT2D eigenvalue weighted by Gasteiger charge is 2.45. The van der Waals surface area contributed by atoms with Crippen LogP contribution in [-0.2, 0) is 16.0 Å². The first-order valence-electron chi connectivity index (χ1n) is 5.63. The highest BCUT2D eigenvalue weighted by atomic mass is 16.5. The lowest BCUT2D eigenvalue weighted by molar-refractivity contribution is -0.169. The van der Waals surface area contributed by atoms with Crippen LogP contribution < -0.4 is 5.32 Å². The van der Waals surface area contributed by atoms with Crippen LogP contribution in [0.4, 0.5) is 0 Å². The van der Waals surface area contributed by atoms with E-state index in [1.54, 1.807) is 12.4 Å². The van der Waals surface area contributed by atoms with Crippen LogP contribution in [0.3, 0.4) is 0 Å². The first-order chi connectivity index (χ1) is 8.27. The summed E-state index contributed by atoms with van der Waals surface area (Å²) in [4.78, 5) is 15.7. The molecule has 2 N–H and O–H groups in total. The van der Waals surface area contributed by atoms with Gasteiger partial charge in [0, 0.05) is 18.9 Å². The summed E-state index contributed by atoms with van der Waals surface area (Å²) in [6.45, 7) is 1.02. The number of hydrogen-bond acceptors (Lipinski definition) is 4. The summed E-state index contributed by atoms with van der Waals surface area (Å²) in [5.74, 6) is -0.125. The van der Waals surface area contributed by atoms with Gasteiger partial charge in [0.15, 0.2) is 0 Å². The maximum absolute atomic E-state index is 11.8. The van der Waals surface area contributed by atoms with Crippen molar-refractivity contribution in [2.24, 2.45) is 5.41 Å². The van der Waals surface area contributed by atoms with Crippen LogP contribution in [0.15, 0.2) is 24.5 Å². The maximum atomic E-state index is 11.8. The molecule has 0 bridgehead atoms. The lowest BCUT2D eigenvalue weighted by Crippen LogP contribution is -2.56. The zero-order chi connectivity index (χ0) is 12.1. The SMILES string of the molecule is O=C(NCCc1ccncc1)C1(CO)COC1. The van der Waals surface area contributed by atoms with Crippen LogP contribution in [0, 0.1) is 5.41 Å². The monoisotopic (exact) mass is 236 g/mol. The second kappa shape index (κ2) is 5.25. The second-order valence-corrected chi connectivity index (χ2v) is 4.29. The van der Waals surface area contributed by atoms with E-state index in [0.717, 1.165) is 12.0 Å². The van der Waals surface area contributed by atoms with Gasteiger partial charge in [-0.15, -0.1) is 0 Å². The molecule has 5 heteroatoms. The van der Waals surface area contributed by atoms with E-state index in [1.807, 2.05) is 12.1 Å². The molecule has 0 atom stereocenters. The van der Waals surface area contributed by atoms with E-state index >= 15 is 0 Å². The third-order valence-electron chi connectivity index (χ3n) is 2.99. The van der Waals surface area contributed by atoms with Crippen molar-refractivity contribution in [3.63, 3.8) is 0 Å². The summed E-state index contributed by atoms with van der Waals surface area (Å²) >= 11 is 0. The van der Waals surface area contributed by atoms with Crippen molar-refractivity contribution < 1.29 is 14.6 Å². The number of nitrogens with one attached hydrogen (secondary N) is 1. The van der Waals surface area contributed by atoms with Gasteiger partial charge in [0.1, 0.15) is 5.41 Å². The standard InChI is InChI=1S/C12H16N2O3/c15-7-12(8-17-9-12)11(16)14-6-3-10-1-4-13-5-2-10/h1-2,4-5,15H,3,6-9H2,(H,14,16). The normalized spacial score (nSPS) is 17.2. The van der Waals surface area contributed by atoms with Crippen molar-refractivity contribution in [2.45, 2.75) is 6.42 Å². The molecule has 92 valence electrons. The number of nitrogens with zero attached hydrogens (tertiary/aromatic N) is 1. The number of aliphatic hydroxyl groups excluding tert-OH is 1. The van der Waals surface area contributed by atoms with Crippen LogP contribution in [0.5, 0.6) is 0 Å². The molecule has 2 rings (SSSR count). The van der Waals surface area contributed by atoms with Crippen LogP contribution in [0.1, 0.15) is 5.56 Å². The van der Waals surface area contributed by atoms with Gasteiger partial charge in [-0.2, -0.15) is 0 Å². The molecule has 1 aliphatic rings. The minimum atomic E-state index is -0.710. The number of ether oxygens (including phenoxy) is 1. The van der Waals surface area contributed by atoms with Crippen molar-refractivity contribution in [1.29, 1.82) is 0 Å². The number of rotatable bonds is 5. The van der Waals surface area contributed by atoms with Crippen LogP contribution in [0.2, 0.25) is 0 Å². The predicted molar refractivity (Wildman–Crippen MR) is 61.3 cm³/mol. The Bertz CT molecular complexity index is 371. The number of pyridine rings is 1. The van der Waals surface area contributed by atoms with Gasteiger partial charge in [-0.3, -0.25) is 9.78 Å². The van der Waals surface area contributed by atoms with Crippen molar-refractivity contribution >= 4 is 5.91 Å². The quantitative estimate of drug-likeness (QED) is 0.739. The number of amides is 1. The molecule has 2 heterocycles. The van der Waals surface area contributed by atoms with Gasteiger partial charge >= 0.3 is 0 Å². The summed E-state index contributed by atoms with van der Waals surface area (Å²) in [6, 6.07) is 3.83. The smallest absolute Gasteiger partial charge is 0.233 e. The van der Waals surface area contributed by atoms with Gasteiger partial charge < -0.3 is 15.2 Å². The van der Waals surface area contributed by atoms with Gasteiger partial charge in [-0.25, -0.2) is 0 Å². The Morgan fingerprint density at radius 2 is 2.18 bits per heavy atom. The molecule has 1 aromatic rings. The summed E-state index contributed by atoms with van der Waals surface area (Å²) in [5.41, 5.74) is 0.418. The lowest BCUT2D eigenvalue weighted by Gasteiger charge is -2.38. The predicted octanol–water partition coefficient (Wildman–Crippen LogP) is -0.251.